The molecule has 2 fully saturated rings. The Bertz CT molecular complexity index is 860. The molecule has 3 heterocycles. The summed E-state index contributed by atoms with van der Waals surface area (Å²) >= 11 is 0. The molecule has 7 heteroatoms. The van der Waals surface area contributed by atoms with Gasteiger partial charge in [0.1, 0.15) is 18.0 Å². The Hall–Kier alpha value is -2.93. The third-order valence-electron chi connectivity index (χ3n) is 5.53. The third-order valence-corrected chi connectivity index (χ3v) is 5.53. The maximum atomic E-state index is 12.5. The minimum absolute atomic E-state index is 0.0345. The molecule has 1 aromatic heterocycles. The molecular formula is C23H27N3O4. The number of carbonyl (C=O) groups excluding carboxylic acids is 2. The molecule has 2 saturated heterocycles. The zero-order valence-electron chi connectivity index (χ0n) is 17.0. The summed E-state index contributed by atoms with van der Waals surface area (Å²) in [6.45, 7) is 2.46. The van der Waals surface area contributed by atoms with E-state index in [0.29, 0.717) is 37.6 Å². The summed E-state index contributed by atoms with van der Waals surface area (Å²) in [6, 6.07) is 11.0. The second kappa shape index (κ2) is 9.71. The van der Waals surface area contributed by atoms with E-state index in [1.54, 1.807) is 24.5 Å². The van der Waals surface area contributed by atoms with Crippen LogP contribution in [0.4, 0.5) is 0 Å². The van der Waals surface area contributed by atoms with Crippen molar-refractivity contribution in [2.45, 2.75) is 44.4 Å². The Balaban J connectivity index is 1.27. The molecule has 4 rings (SSSR count). The third kappa shape index (κ3) is 5.16. The average molecular weight is 409 g/mol. The Morgan fingerprint density at radius 2 is 2.03 bits per heavy atom. The van der Waals surface area contributed by atoms with Crippen molar-refractivity contribution in [3.8, 4) is 5.75 Å². The molecule has 0 radical (unpaired) electrons. The van der Waals surface area contributed by atoms with Gasteiger partial charge in [0.25, 0.3) is 11.8 Å². The van der Waals surface area contributed by atoms with Crippen LogP contribution in [0.15, 0.2) is 48.8 Å². The Morgan fingerprint density at radius 1 is 1.17 bits per heavy atom. The molecule has 0 saturated carbocycles. The van der Waals surface area contributed by atoms with E-state index in [-0.39, 0.29) is 24.0 Å². The van der Waals surface area contributed by atoms with Gasteiger partial charge in [0.2, 0.25) is 0 Å². The summed E-state index contributed by atoms with van der Waals surface area (Å²) in [5.74, 6) is 0.632. The van der Waals surface area contributed by atoms with Crippen molar-refractivity contribution in [1.29, 1.82) is 0 Å². The summed E-state index contributed by atoms with van der Waals surface area (Å²) in [6.07, 6.45) is 6.54. The molecule has 2 aromatic rings. The van der Waals surface area contributed by atoms with E-state index in [9.17, 15) is 9.59 Å². The number of pyridine rings is 1. The van der Waals surface area contributed by atoms with E-state index >= 15 is 0 Å². The highest BCUT2D eigenvalue weighted by Gasteiger charge is 2.31. The lowest BCUT2D eigenvalue weighted by molar-refractivity contribution is -0.142. The van der Waals surface area contributed by atoms with Gasteiger partial charge >= 0.3 is 0 Å². The van der Waals surface area contributed by atoms with E-state index in [2.05, 4.69) is 10.3 Å². The zero-order chi connectivity index (χ0) is 20.8. The number of piperidine rings is 1. The summed E-state index contributed by atoms with van der Waals surface area (Å²) in [7, 11) is 0. The van der Waals surface area contributed by atoms with Gasteiger partial charge in [0.15, 0.2) is 0 Å². The molecule has 0 bridgehead atoms. The van der Waals surface area contributed by atoms with Crippen LogP contribution in [0.1, 0.15) is 41.6 Å². The fourth-order valence-electron chi connectivity index (χ4n) is 3.86. The predicted octanol–water partition coefficient (Wildman–Crippen LogP) is 2.56. The lowest BCUT2D eigenvalue weighted by Crippen LogP contribution is -2.45. The average Bonchev–Trinajstić information content (AvgIpc) is 3.33. The number of ether oxygens (including phenoxy) is 2. The molecule has 7 nitrogen and oxygen atoms in total. The lowest BCUT2D eigenvalue weighted by atomic mass is 10.1. The Morgan fingerprint density at radius 3 is 2.77 bits per heavy atom. The van der Waals surface area contributed by atoms with Gasteiger partial charge in [-0.15, -0.1) is 0 Å². The minimum atomic E-state index is -0.260. The number of nitrogens with zero attached hydrogens (tertiary/aromatic N) is 2. The highest BCUT2D eigenvalue weighted by molar-refractivity contribution is 5.94. The summed E-state index contributed by atoms with van der Waals surface area (Å²) in [4.78, 5) is 30.9. The first-order chi connectivity index (χ1) is 14.7. The van der Waals surface area contributed by atoms with Crippen molar-refractivity contribution in [2.24, 2.45) is 0 Å². The molecule has 2 aliphatic rings. The Kier molecular flexibility index (Phi) is 6.59. The van der Waals surface area contributed by atoms with Crippen LogP contribution in [0.2, 0.25) is 0 Å². The number of rotatable bonds is 6. The van der Waals surface area contributed by atoms with Gasteiger partial charge in [-0.3, -0.25) is 14.6 Å². The number of benzene rings is 1. The van der Waals surface area contributed by atoms with Crippen LogP contribution in [0.3, 0.4) is 0 Å². The smallest absolute Gasteiger partial charge is 0.251 e. The van der Waals surface area contributed by atoms with Crippen molar-refractivity contribution in [3.63, 3.8) is 0 Å². The molecule has 158 valence electrons. The van der Waals surface area contributed by atoms with Gasteiger partial charge in [-0.2, -0.15) is 0 Å². The molecular weight excluding hydrogens is 382 g/mol. The number of likely N-dealkylation sites (tertiary alicyclic amines) is 1. The molecule has 2 aliphatic heterocycles. The van der Waals surface area contributed by atoms with Crippen LogP contribution in [-0.4, -0.2) is 53.6 Å². The maximum absolute atomic E-state index is 12.5. The van der Waals surface area contributed by atoms with Crippen molar-refractivity contribution < 1.29 is 19.1 Å². The highest BCUT2D eigenvalue weighted by Crippen LogP contribution is 2.22. The van der Waals surface area contributed by atoms with Crippen LogP contribution in [0, 0.1) is 0 Å². The number of amides is 2. The largest absolute Gasteiger partial charge is 0.490 e. The quantitative estimate of drug-likeness (QED) is 0.793. The Labute approximate surface area is 176 Å². The second-order valence-electron chi connectivity index (χ2n) is 7.72. The highest BCUT2D eigenvalue weighted by atomic mass is 16.5. The van der Waals surface area contributed by atoms with Crippen LogP contribution in [-0.2, 0) is 16.1 Å². The first kappa shape index (κ1) is 20.3. The number of aromatic nitrogens is 1. The van der Waals surface area contributed by atoms with Crippen molar-refractivity contribution in [2.75, 3.05) is 19.7 Å². The summed E-state index contributed by atoms with van der Waals surface area (Å²) in [5.41, 5.74) is 1.50. The molecule has 1 atom stereocenters. The maximum Gasteiger partial charge on any atom is 0.251 e. The number of nitrogens with one attached hydrogen (secondary N) is 1. The van der Waals surface area contributed by atoms with Crippen molar-refractivity contribution in [3.05, 3.63) is 59.9 Å². The summed E-state index contributed by atoms with van der Waals surface area (Å²) < 4.78 is 11.6. The van der Waals surface area contributed by atoms with Crippen LogP contribution in [0.25, 0.3) is 0 Å². The number of hydrogen-bond donors (Lipinski definition) is 1. The summed E-state index contributed by atoms with van der Waals surface area (Å²) in [5, 5.41) is 2.90. The number of hydrogen-bond acceptors (Lipinski definition) is 5. The van der Waals surface area contributed by atoms with Gasteiger partial charge in [-0.25, -0.2) is 0 Å². The van der Waals surface area contributed by atoms with Crippen LogP contribution in [0.5, 0.6) is 5.75 Å². The fourth-order valence-corrected chi connectivity index (χ4v) is 3.86. The van der Waals surface area contributed by atoms with E-state index in [1.165, 1.54) is 0 Å². The van der Waals surface area contributed by atoms with E-state index in [1.807, 2.05) is 29.2 Å². The number of carbonyl (C=O) groups is 2. The normalized spacial score (nSPS) is 19.5. The first-order valence-corrected chi connectivity index (χ1v) is 10.5. The molecule has 2 amide bonds. The van der Waals surface area contributed by atoms with E-state index in [0.717, 1.165) is 31.2 Å². The standard InChI is InChI=1S/C23H27N3O4/c27-22(25-16-17-4-2-10-24-15-17)18-5-1-6-20(14-18)30-19-8-11-26(12-9-19)23(28)21-7-3-13-29-21/h1-2,4-6,10,14-15,19,21H,3,7-9,11-13,16H2,(H,25,27)/t21-/m0/s1. The molecule has 1 N–H and O–H groups in total. The van der Waals surface area contributed by atoms with Crippen molar-refractivity contribution >= 4 is 11.8 Å². The van der Waals surface area contributed by atoms with Gasteiger partial charge in [-0.1, -0.05) is 12.1 Å². The molecule has 30 heavy (non-hydrogen) atoms. The van der Waals surface area contributed by atoms with E-state index in [4.69, 9.17) is 9.47 Å². The van der Waals surface area contributed by atoms with Gasteiger partial charge in [0, 0.05) is 57.0 Å². The van der Waals surface area contributed by atoms with Gasteiger partial charge < -0.3 is 19.7 Å². The lowest BCUT2D eigenvalue weighted by Gasteiger charge is -2.33. The second-order valence-corrected chi connectivity index (χ2v) is 7.72. The molecule has 0 unspecified atom stereocenters. The monoisotopic (exact) mass is 409 g/mol. The van der Waals surface area contributed by atoms with Gasteiger partial charge in [-0.05, 0) is 42.7 Å². The van der Waals surface area contributed by atoms with Crippen LogP contribution >= 0.6 is 0 Å². The molecule has 0 aliphatic carbocycles. The van der Waals surface area contributed by atoms with E-state index < -0.39 is 0 Å². The topological polar surface area (TPSA) is 80.8 Å². The fraction of sp³-hybridized carbons (Fsp3) is 0.435. The molecule has 1 aromatic carbocycles. The zero-order valence-corrected chi connectivity index (χ0v) is 17.0. The first-order valence-electron chi connectivity index (χ1n) is 10.5. The van der Waals surface area contributed by atoms with Crippen molar-refractivity contribution in [1.82, 2.24) is 15.2 Å². The molecule has 0 spiro atoms. The minimum Gasteiger partial charge on any atom is -0.490 e. The predicted molar refractivity (Wildman–Crippen MR) is 111 cm³/mol. The van der Waals surface area contributed by atoms with Crippen LogP contribution < -0.4 is 10.1 Å². The van der Waals surface area contributed by atoms with Gasteiger partial charge in [0.05, 0.1) is 0 Å². The SMILES string of the molecule is O=C(NCc1cccnc1)c1cccc(OC2CCN(C(=O)[C@@H]3CCCO3)CC2)c1.